The minimum Gasteiger partial charge on any atom is -0.634 e. The van der Waals surface area contributed by atoms with E-state index in [1.54, 1.807) is 7.05 Å². The van der Waals surface area contributed by atoms with Crippen LogP contribution in [-0.4, -0.2) is 33.1 Å². The van der Waals surface area contributed by atoms with Crippen LogP contribution in [0.3, 0.4) is 0 Å². The van der Waals surface area contributed by atoms with Gasteiger partial charge in [-0.3, -0.25) is 0 Å². The fraction of sp³-hybridized carbons (Fsp3) is 1.00. The molecule has 20 heavy (non-hydrogen) atoms. The average molecular weight is 289 g/mol. The van der Waals surface area contributed by atoms with Gasteiger partial charge in [-0.25, -0.2) is 0 Å². The molecule has 0 rings (SSSR count). The van der Waals surface area contributed by atoms with Crippen molar-refractivity contribution in [2.24, 2.45) is 0 Å². The van der Waals surface area contributed by atoms with E-state index in [1.807, 2.05) is 0 Å². The van der Waals surface area contributed by atoms with Gasteiger partial charge in [0.2, 0.25) is 0 Å². The molecule has 0 aromatic heterocycles. The van der Waals surface area contributed by atoms with Crippen molar-refractivity contribution in [3.05, 3.63) is 5.21 Å². The molecular formula is C16H35NO3. The van der Waals surface area contributed by atoms with E-state index >= 15 is 0 Å². The molecule has 0 aromatic carbocycles. The fourth-order valence-electron chi connectivity index (χ4n) is 2.02. The lowest BCUT2D eigenvalue weighted by Gasteiger charge is -2.22. The highest BCUT2D eigenvalue weighted by atomic mass is 16.7. The van der Waals surface area contributed by atoms with Crippen LogP contribution in [0.25, 0.3) is 0 Å². The van der Waals surface area contributed by atoms with E-state index in [0.717, 1.165) is 26.1 Å². The average Bonchev–Trinajstić information content (AvgIpc) is 2.43. The molecule has 0 spiro atoms. The maximum atomic E-state index is 11.1. The molecule has 4 heteroatoms. The molecule has 0 saturated heterocycles. The maximum Gasteiger partial charge on any atom is 0.162 e. The molecule has 1 unspecified atom stereocenters. The molecule has 0 radical (unpaired) electrons. The third-order valence-corrected chi connectivity index (χ3v) is 3.34. The van der Waals surface area contributed by atoms with Gasteiger partial charge in [-0.2, -0.15) is 0 Å². The van der Waals surface area contributed by atoms with Crippen molar-refractivity contribution in [2.45, 2.75) is 77.9 Å². The van der Waals surface area contributed by atoms with Crippen LogP contribution in [-0.2, 0) is 9.47 Å². The molecule has 4 nitrogen and oxygen atoms in total. The van der Waals surface area contributed by atoms with E-state index in [4.69, 9.17) is 9.47 Å². The van der Waals surface area contributed by atoms with E-state index in [0.29, 0.717) is 13.0 Å². The third-order valence-electron chi connectivity index (χ3n) is 3.34. The van der Waals surface area contributed by atoms with Crippen LogP contribution in [0.2, 0.25) is 0 Å². The minimum atomic E-state index is -0.192. The molecule has 0 fully saturated rings. The summed E-state index contributed by atoms with van der Waals surface area (Å²) < 4.78 is 11.5. The maximum absolute atomic E-state index is 11.1. The van der Waals surface area contributed by atoms with Crippen LogP contribution in [0.1, 0.15) is 71.6 Å². The van der Waals surface area contributed by atoms with Crippen LogP contribution < -0.4 is 5.06 Å². The lowest BCUT2D eigenvalue weighted by atomic mass is 10.2. The van der Waals surface area contributed by atoms with Gasteiger partial charge in [0.1, 0.15) is 0 Å². The molecule has 1 atom stereocenters. The van der Waals surface area contributed by atoms with Crippen LogP contribution in [0.5, 0.6) is 0 Å². The molecule has 0 amide bonds. The Labute approximate surface area is 125 Å². The Balaban J connectivity index is 3.70. The van der Waals surface area contributed by atoms with Crippen LogP contribution in [0, 0.1) is 5.21 Å². The number of unbranched alkanes of at least 4 members (excludes halogenated alkanes) is 6. The zero-order valence-corrected chi connectivity index (χ0v) is 13.8. The van der Waals surface area contributed by atoms with Gasteiger partial charge in [0, 0.05) is 19.6 Å². The van der Waals surface area contributed by atoms with Crippen LogP contribution in [0.15, 0.2) is 0 Å². The predicted octanol–water partition coefficient (Wildman–Crippen LogP) is 2.91. The number of rotatable bonds is 15. The second-order valence-electron chi connectivity index (χ2n) is 5.53. The Morgan fingerprint density at radius 3 is 1.75 bits per heavy atom. The van der Waals surface area contributed by atoms with Crippen molar-refractivity contribution < 1.29 is 14.5 Å². The van der Waals surface area contributed by atoms with Gasteiger partial charge >= 0.3 is 0 Å². The van der Waals surface area contributed by atoms with E-state index in [-0.39, 0.29) is 11.4 Å². The molecule has 0 heterocycles. The molecule has 122 valence electrons. The second-order valence-corrected chi connectivity index (χ2v) is 5.53. The van der Waals surface area contributed by atoms with E-state index in [2.05, 4.69) is 13.8 Å². The second kappa shape index (κ2) is 15.2. The number of ether oxygens (including phenoxy) is 2. The summed E-state index contributed by atoms with van der Waals surface area (Å²) in [5.74, 6) is 0. The van der Waals surface area contributed by atoms with Gasteiger partial charge in [-0.05, 0) is 12.8 Å². The number of hydrogen-bond donors (Lipinski definition) is 1. The molecule has 0 aromatic rings. The highest BCUT2D eigenvalue weighted by molar-refractivity contribution is 4.48. The quantitative estimate of drug-likeness (QED) is 0.286. The Morgan fingerprint density at radius 2 is 1.35 bits per heavy atom. The SMILES string of the molecule is CCCCCCOC(CC[NH+](C)[O-])OCCCCCC. The van der Waals surface area contributed by atoms with Crippen molar-refractivity contribution in [2.75, 3.05) is 26.8 Å². The predicted molar refractivity (Wildman–Crippen MR) is 83.7 cm³/mol. The Bertz CT molecular complexity index is 175. The van der Waals surface area contributed by atoms with Gasteiger partial charge in [0.25, 0.3) is 0 Å². The molecule has 0 aliphatic carbocycles. The monoisotopic (exact) mass is 289 g/mol. The van der Waals surface area contributed by atoms with Gasteiger partial charge in [0.15, 0.2) is 6.29 Å². The standard InChI is InChI=1S/C16H35NO3/c1-4-6-8-10-14-19-16(12-13-17(3)18)20-15-11-9-7-5-2/h16-17H,4-15H2,1-3H3. The molecule has 1 N–H and O–H groups in total. The van der Waals surface area contributed by atoms with E-state index in [1.165, 1.54) is 38.5 Å². The Hall–Kier alpha value is -0.160. The fourth-order valence-corrected chi connectivity index (χ4v) is 2.02. The summed E-state index contributed by atoms with van der Waals surface area (Å²) in [5.41, 5.74) is 0. The van der Waals surface area contributed by atoms with Crippen molar-refractivity contribution in [1.82, 2.24) is 0 Å². The number of hydroxylamine groups is 2. The first-order valence-electron chi connectivity index (χ1n) is 8.43. The van der Waals surface area contributed by atoms with Crippen molar-refractivity contribution in [1.29, 1.82) is 0 Å². The number of nitrogens with one attached hydrogen (secondary N) is 1. The van der Waals surface area contributed by atoms with Gasteiger partial charge in [-0.15, -0.1) is 0 Å². The van der Waals surface area contributed by atoms with E-state index in [9.17, 15) is 5.21 Å². The third kappa shape index (κ3) is 14.3. The lowest BCUT2D eigenvalue weighted by molar-refractivity contribution is -0.826. The van der Waals surface area contributed by atoms with Gasteiger partial charge in [0.05, 0.1) is 13.6 Å². The van der Waals surface area contributed by atoms with Crippen molar-refractivity contribution in [3.63, 3.8) is 0 Å². The zero-order valence-electron chi connectivity index (χ0n) is 13.8. The molecular weight excluding hydrogens is 254 g/mol. The number of hydrogen-bond acceptors (Lipinski definition) is 3. The largest absolute Gasteiger partial charge is 0.634 e. The molecule has 0 bridgehead atoms. The summed E-state index contributed by atoms with van der Waals surface area (Å²) in [6.45, 7) is 6.45. The summed E-state index contributed by atoms with van der Waals surface area (Å²) in [7, 11) is 1.62. The first kappa shape index (κ1) is 19.8. The summed E-state index contributed by atoms with van der Waals surface area (Å²) in [6.07, 6.45) is 10.1. The zero-order chi connectivity index (χ0) is 15.1. The van der Waals surface area contributed by atoms with E-state index < -0.39 is 0 Å². The van der Waals surface area contributed by atoms with Crippen molar-refractivity contribution in [3.8, 4) is 0 Å². The molecule has 0 saturated carbocycles. The lowest BCUT2D eigenvalue weighted by Crippen LogP contribution is -3.03. The van der Waals surface area contributed by atoms with Crippen LogP contribution in [0.4, 0.5) is 0 Å². The first-order valence-corrected chi connectivity index (χ1v) is 8.43. The highest BCUT2D eigenvalue weighted by Crippen LogP contribution is 2.06. The topological polar surface area (TPSA) is 46.0 Å². The summed E-state index contributed by atoms with van der Waals surface area (Å²) >= 11 is 0. The summed E-state index contributed by atoms with van der Waals surface area (Å²) in [6, 6.07) is 0. The summed E-state index contributed by atoms with van der Waals surface area (Å²) in [5, 5.41) is 11.3. The van der Waals surface area contributed by atoms with Crippen molar-refractivity contribution >= 4 is 0 Å². The Kier molecular flexibility index (Phi) is 15.1. The van der Waals surface area contributed by atoms with Gasteiger partial charge < -0.3 is 19.7 Å². The molecule has 0 aliphatic heterocycles. The first-order chi connectivity index (χ1) is 9.70. The Morgan fingerprint density at radius 1 is 0.850 bits per heavy atom. The smallest absolute Gasteiger partial charge is 0.162 e. The highest BCUT2D eigenvalue weighted by Gasteiger charge is 2.10. The number of quaternary nitrogens is 1. The van der Waals surface area contributed by atoms with Gasteiger partial charge in [-0.1, -0.05) is 52.4 Å². The van der Waals surface area contributed by atoms with Crippen LogP contribution >= 0.6 is 0 Å². The normalized spacial score (nSPS) is 13.1. The molecule has 0 aliphatic rings. The summed E-state index contributed by atoms with van der Waals surface area (Å²) in [4.78, 5) is 0. The minimum absolute atomic E-state index is 0.192.